The molecule has 3 aromatic rings. The third-order valence-electron chi connectivity index (χ3n) is 4.10. The van der Waals surface area contributed by atoms with Gasteiger partial charge in [-0.1, -0.05) is 54.6 Å². The van der Waals surface area contributed by atoms with Gasteiger partial charge in [-0.25, -0.2) is 0 Å². The zero-order valence-corrected chi connectivity index (χ0v) is 15.7. The van der Waals surface area contributed by atoms with Gasteiger partial charge in [-0.3, -0.25) is 0 Å². The molecule has 0 aromatic heterocycles. The van der Waals surface area contributed by atoms with Crippen LogP contribution in [0.25, 0.3) is 11.1 Å². The molecule has 0 radical (unpaired) electrons. The van der Waals surface area contributed by atoms with E-state index in [2.05, 4.69) is 43.0 Å². The van der Waals surface area contributed by atoms with Gasteiger partial charge >= 0.3 is 0 Å². The molecule has 0 saturated heterocycles. The van der Waals surface area contributed by atoms with Gasteiger partial charge in [0.25, 0.3) is 0 Å². The smallest absolute Gasteiger partial charge is 0.127 e. The van der Waals surface area contributed by atoms with E-state index in [1.807, 2.05) is 48.5 Å². The number of benzene rings is 3. The van der Waals surface area contributed by atoms with Crippen LogP contribution in [0.15, 0.2) is 83.8 Å². The van der Waals surface area contributed by atoms with Crippen molar-refractivity contribution in [2.24, 2.45) is 0 Å². The summed E-state index contributed by atoms with van der Waals surface area (Å²) in [5.41, 5.74) is 2.32. The molecule has 26 heavy (non-hydrogen) atoms. The first-order valence-electron chi connectivity index (χ1n) is 9.02. The van der Waals surface area contributed by atoms with Crippen molar-refractivity contribution in [1.82, 2.24) is 0 Å². The highest BCUT2D eigenvalue weighted by Crippen LogP contribution is 2.29. The molecule has 3 heteroatoms. The lowest BCUT2D eigenvalue weighted by molar-refractivity contribution is 0.279. The van der Waals surface area contributed by atoms with Gasteiger partial charge in [0.05, 0.1) is 13.2 Å². The van der Waals surface area contributed by atoms with Crippen LogP contribution >= 0.6 is 12.6 Å². The number of ether oxygens (including phenoxy) is 2. The van der Waals surface area contributed by atoms with Crippen molar-refractivity contribution in [3.63, 3.8) is 0 Å². The predicted molar refractivity (Wildman–Crippen MR) is 110 cm³/mol. The van der Waals surface area contributed by atoms with E-state index >= 15 is 0 Å². The van der Waals surface area contributed by atoms with E-state index in [0.717, 1.165) is 54.4 Å². The van der Waals surface area contributed by atoms with Gasteiger partial charge in [-0.05, 0) is 49.1 Å². The third kappa shape index (κ3) is 5.57. The molecule has 0 N–H and O–H groups in total. The SMILES string of the molecule is Sc1cccc(OCCCCCOc2ccccc2-c2ccccc2)c1. The van der Waals surface area contributed by atoms with Crippen molar-refractivity contribution in [2.45, 2.75) is 24.2 Å². The Bertz CT molecular complexity index is 802. The zero-order chi connectivity index (χ0) is 18.0. The molecule has 0 aliphatic carbocycles. The number of hydrogen-bond acceptors (Lipinski definition) is 3. The maximum absolute atomic E-state index is 6.02. The Morgan fingerprint density at radius 3 is 2.19 bits per heavy atom. The summed E-state index contributed by atoms with van der Waals surface area (Å²) < 4.78 is 11.8. The number of hydrogen-bond donors (Lipinski definition) is 1. The van der Waals surface area contributed by atoms with Gasteiger partial charge in [0.2, 0.25) is 0 Å². The molecule has 0 heterocycles. The summed E-state index contributed by atoms with van der Waals surface area (Å²) in [5, 5.41) is 0. The standard InChI is InChI=1S/C23H24O2S/c26-21-13-9-12-20(18-21)24-16-7-2-8-17-25-23-15-6-5-14-22(23)19-10-3-1-4-11-19/h1,3-6,9-15,18,26H,2,7-8,16-17H2. The van der Waals surface area contributed by atoms with Gasteiger partial charge in [0.1, 0.15) is 11.5 Å². The van der Waals surface area contributed by atoms with Crippen molar-refractivity contribution in [3.05, 3.63) is 78.9 Å². The highest BCUT2D eigenvalue weighted by atomic mass is 32.1. The lowest BCUT2D eigenvalue weighted by Crippen LogP contribution is -2.01. The lowest BCUT2D eigenvalue weighted by atomic mass is 10.1. The first-order chi connectivity index (χ1) is 12.8. The van der Waals surface area contributed by atoms with Gasteiger partial charge in [-0.2, -0.15) is 0 Å². The van der Waals surface area contributed by atoms with E-state index in [9.17, 15) is 0 Å². The van der Waals surface area contributed by atoms with Crippen molar-refractivity contribution in [1.29, 1.82) is 0 Å². The van der Waals surface area contributed by atoms with E-state index in [1.54, 1.807) is 0 Å². The summed E-state index contributed by atoms with van der Waals surface area (Å²) in [6.45, 7) is 1.44. The van der Waals surface area contributed by atoms with Crippen molar-refractivity contribution in [3.8, 4) is 22.6 Å². The molecule has 0 spiro atoms. The van der Waals surface area contributed by atoms with Gasteiger partial charge < -0.3 is 9.47 Å². The van der Waals surface area contributed by atoms with Gasteiger partial charge in [0.15, 0.2) is 0 Å². The summed E-state index contributed by atoms with van der Waals surface area (Å²) in [4.78, 5) is 0.924. The fourth-order valence-corrected chi connectivity index (χ4v) is 2.99. The molecule has 0 bridgehead atoms. The second-order valence-electron chi connectivity index (χ2n) is 6.12. The summed E-state index contributed by atoms with van der Waals surface area (Å²) >= 11 is 4.32. The van der Waals surface area contributed by atoms with E-state index in [1.165, 1.54) is 5.56 Å². The minimum Gasteiger partial charge on any atom is -0.494 e. The molecule has 3 aromatic carbocycles. The second kappa shape index (κ2) is 9.93. The van der Waals surface area contributed by atoms with E-state index in [4.69, 9.17) is 9.47 Å². The van der Waals surface area contributed by atoms with Crippen molar-refractivity contribution >= 4 is 12.6 Å². The fourth-order valence-electron chi connectivity index (χ4n) is 2.78. The first kappa shape index (κ1) is 18.4. The van der Waals surface area contributed by atoms with Crippen LogP contribution in [0.3, 0.4) is 0 Å². The molecule has 134 valence electrons. The molecule has 0 aliphatic rings. The van der Waals surface area contributed by atoms with E-state index in [0.29, 0.717) is 0 Å². The predicted octanol–water partition coefficient (Wildman–Crippen LogP) is 6.27. The summed E-state index contributed by atoms with van der Waals surface area (Å²) in [5.74, 6) is 1.83. The largest absolute Gasteiger partial charge is 0.494 e. The topological polar surface area (TPSA) is 18.5 Å². The molecule has 0 unspecified atom stereocenters. The van der Waals surface area contributed by atoms with Crippen LogP contribution < -0.4 is 9.47 Å². The van der Waals surface area contributed by atoms with Crippen LogP contribution in [0.2, 0.25) is 0 Å². The lowest BCUT2D eigenvalue weighted by Gasteiger charge is -2.12. The van der Waals surface area contributed by atoms with Gasteiger partial charge in [0, 0.05) is 10.5 Å². The molecule has 0 amide bonds. The average Bonchev–Trinajstić information content (AvgIpc) is 2.68. The highest BCUT2D eigenvalue weighted by Gasteiger charge is 2.05. The Labute approximate surface area is 161 Å². The molecule has 0 aliphatic heterocycles. The zero-order valence-electron chi connectivity index (χ0n) is 14.8. The first-order valence-corrected chi connectivity index (χ1v) is 9.47. The molecule has 0 saturated carbocycles. The highest BCUT2D eigenvalue weighted by molar-refractivity contribution is 7.80. The number of para-hydroxylation sites is 1. The Balaban J connectivity index is 1.39. The second-order valence-corrected chi connectivity index (χ2v) is 6.63. The summed E-state index contributed by atoms with van der Waals surface area (Å²) in [6.07, 6.45) is 3.10. The molecule has 2 nitrogen and oxygen atoms in total. The summed E-state index contributed by atoms with van der Waals surface area (Å²) in [7, 11) is 0. The molecule has 0 fully saturated rings. The maximum atomic E-state index is 6.02. The third-order valence-corrected chi connectivity index (χ3v) is 4.38. The minimum atomic E-state index is 0.718. The van der Waals surface area contributed by atoms with Crippen LogP contribution in [0.4, 0.5) is 0 Å². The quantitative estimate of drug-likeness (QED) is 0.356. The van der Waals surface area contributed by atoms with Crippen molar-refractivity contribution < 1.29 is 9.47 Å². The van der Waals surface area contributed by atoms with Crippen LogP contribution in [0, 0.1) is 0 Å². The molecular formula is C23H24O2S. The van der Waals surface area contributed by atoms with Crippen LogP contribution in [0.5, 0.6) is 11.5 Å². The Morgan fingerprint density at radius 2 is 1.38 bits per heavy atom. The average molecular weight is 365 g/mol. The Morgan fingerprint density at radius 1 is 0.654 bits per heavy atom. The fraction of sp³-hybridized carbons (Fsp3) is 0.217. The number of thiol groups is 1. The normalized spacial score (nSPS) is 10.5. The number of unbranched alkanes of at least 4 members (excludes halogenated alkanes) is 2. The van der Waals surface area contributed by atoms with Crippen LogP contribution in [-0.2, 0) is 0 Å². The molecule has 3 rings (SSSR count). The van der Waals surface area contributed by atoms with Crippen molar-refractivity contribution in [2.75, 3.05) is 13.2 Å². The number of rotatable bonds is 9. The molecular weight excluding hydrogens is 340 g/mol. The van der Waals surface area contributed by atoms with E-state index in [-0.39, 0.29) is 0 Å². The van der Waals surface area contributed by atoms with Crippen LogP contribution in [-0.4, -0.2) is 13.2 Å². The van der Waals surface area contributed by atoms with Crippen LogP contribution in [0.1, 0.15) is 19.3 Å². The summed E-state index contributed by atoms with van der Waals surface area (Å²) in [6, 6.07) is 26.4. The van der Waals surface area contributed by atoms with E-state index < -0.39 is 0 Å². The maximum Gasteiger partial charge on any atom is 0.127 e. The molecule has 0 atom stereocenters. The monoisotopic (exact) mass is 364 g/mol. The Kier molecular flexibility index (Phi) is 7.03. The Hall–Kier alpha value is -2.39. The van der Waals surface area contributed by atoms with Gasteiger partial charge in [-0.15, -0.1) is 12.6 Å². The minimum absolute atomic E-state index is 0.718.